The lowest BCUT2D eigenvalue weighted by molar-refractivity contribution is -0.137. The fourth-order valence-corrected chi connectivity index (χ4v) is 1.51. The maximum Gasteiger partial charge on any atom is 0.343 e. The van der Waals surface area contributed by atoms with Gasteiger partial charge in [-0.3, -0.25) is 0 Å². The zero-order chi connectivity index (χ0) is 16.2. The van der Waals surface area contributed by atoms with Gasteiger partial charge in [-0.05, 0) is 13.0 Å². The predicted octanol–water partition coefficient (Wildman–Crippen LogP) is 2.59. The van der Waals surface area contributed by atoms with Gasteiger partial charge >= 0.3 is 5.97 Å². The molecule has 114 valence electrons. The predicted molar refractivity (Wildman–Crippen MR) is 67.8 cm³/mol. The van der Waals surface area contributed by atoms with Crippen LogP contribution >= 0.6 is 0 Å². The van der Waals surface area contributed by atoms with Crippen molar-refractivity contribution in [1.29, 1.82) is 5.41 Å². The number of hydrogen-bond acceptors (Lipinski definition) is 5. The molecule has 0 spiro atoms. The van der Waals surface area contributed by atoms with Crippen LogP contribution in [0.3, 0.4) is 0 Å². The minimum absolute atomic E-state index is 0.0486. The number of methoxy groups -OCH3 is 1. The third-order valence-corrected chi connectivity index (χ3v) is 2.47. The van der Waals surface area contributed by atoms with E-state index in [-0.39, 0.29) is 6.61 Å². The second-order valence-electron chi connectivity index (χ2n) is 3.69. The summed E-state index contributed by atoms with van der Waals surface area (Å²) in [5.41, 5.74) is -1.53. The number of aliphatic hydroxyl groups is 1. The van der Waals surface area contributed by atoms with Gasteiger partial charge in [0, 0.05) is 6.21 Å². The van der Waals surface area contributed by atoms with Gasteiger partial charge in [0.25, 0.3) is 0 Å². The van der Waals surface area contributed by atoms with E-state index in [4.69, 9.17) is 5.41 Å². The first kappa shape index (κ1) is 16.5. The van der Waals surface area contributed by atoms with Crippen molar-refractivity contribution in [3.8, 4) is 5.75 Å². The molecule has 0 heterocycles. The molecule has 0 aromatic heterocycles. The Morgan fingerprint density at radius 3 is 2.48 bits per heavy atom. The molecule has 8 heteroatoms. The van der Waals surface area contributed by atoms with Crippen molar-refractivity contribution < 1.29 is 32.5 Å². The summed E-state index contributed by atoms with van der Waals surface area (Å²) in [5, 5.41) is 16.9. The minimum atomic E-state index is -1.57. The average molecular weight is 303 g/mol. The van der Waals surface area contributed by atoms with Crippen molar-refractivity contribution in [1.82, 2.24) is 0 Å². The summed E-state index contributed by atoms with van der Waals surface area (Å²) in [4.78, 5) is 11.5. The lowest BCUT2D eigenvalue weighted by atomic mass is 10.1. The summed E-state index contributed by atoms with van der Waals surface area (Å²) in [5.74, 6) is -7.67. The topological polar surface area (TPSA) is 79.6 Å². The maximum atomic E-state index is 14.0. The molecular formula is C13H12F3NO4. The molecule has 21 heavy (non-hydrogen) atoms. The second-order valence-corrected chi connectivity index (χ2v) is 3.69. The van der Waals surface area contributed by atoms with Gasteiger partial charge in [0.05, 0.1) is 19.3 Å². The van der Waals surface area contributed by atoms with E-state index >= 15 is 0 Å². The summed E-state index contributed by atoms with van der Waals surface area (Å²) in [6, 6.07) is 0.352. The Bertz CT molecular complexity index is 614. The van der Waals surface area contributed by atoms with E-state index in [0.717, 1.165) is 7.11 Å². The van der Waals surface area contributed by atoms with E-state index in [1.54, 1.807) is 0 Å². The van der Waals surface area contributed by atoms with E-state index in [0.29, 0.717) is 12.3 Å². The molecule has 0 aliphatic carbocycles. The van der Waals surface area contributed by atoms with Crippen molar-refractivity contribution in [2.45, 2.75) is 6.92 Å². The molecule has 2 N–H and O–H groups in total. The highest BCUT2D eigenvalue weighted by Gasteiger charge is 2.25. The van der Waals surface area contributed by atoms with Crippen molar-refractivity contribution >= 4 is 17.9 Å². The van der Waals surface area contributed by atoms with Crippen LogP contribution in [0.1, 0.15) is 12.5 Å². The zero-order valence-corrected chi connectivity index (χ0v) is 11.2. The molecule has 1 aromatic rings. The molecule has 0 fully saturated rings. The van der Waals surface area contributed by atoms with Crippen LogP contribution in [0.2, 0.25) is 0 Å². The van der Waals surface area contributed by atoms with Crippen LogP contribution < -0.4 is 4.74 Å². The van der Waals surface area contributed by atoms with Crippen molar-refractivity contribution in [3.05, 3.63) is 34.7 Å². The molecule has 0 aliphatic heterocycles. The lowest BCUT2D eigenvalue weighted by Crippen LogP contribution is -2.12. The van der Waals surface area contributed by atoms with E-state index in [1.807, 2.05) is 0 Å². The van der Waals surface area contributed by atoms with Crippen LogP contribution in [0, 0.1) is 22.9 Å². The molecule has 0 atom stereocenters. The standard InChI is InChI=1S/C13H12F3NO4/c1-3-21-13(19)7(5-17)11(18)6-4-8(14)10(16)12(20-2)9(6)15/h4-5,17-18H,3H2,1-2H3. The van der Waals surface area contributed by atoms with E-state index in [2.05, 4.69) is 9.47 Å². The van der Waals surface area contributed by atoms with Gasteiger partial charge in [0.15, 0.2) is 17.4 Å². The monoisotopic (exact) mass is 303 g/mol. The van der Waals surface area contributed by atoms with Gasteiger partial charge in [-0.25, -0.2) is 13.6 Å². The fourth-order valence-electron chi connectivity index (χ4n) is 1.51. The number of benzene rings is 1. The van der Waals surface area contributed by atoms with Gasteiger partial charge in [0.2, 0.25) is 5.82 Å². The van der Waals surface area contributed by atoms with E-state index < -0.39 is 46.1 Å². The number of halogens is 3. The van der Waals surface area contributed by atoms with Crippen LogP contribution in [-0.2, 0) is 9.53 Å². The molecule has 0 saturated carbocycles. The molecule has 1 aromatic carbocycles. The van der Waals surface area contributed by atoms with Crippen molar-refractivity contribution in [2.24, 2.45) is 0 Å². The molecule has 0 saturated heterocycles. The van der Waals surface area contributed by atoms with Gasteiger partial charge in [0.1, 0.15) is 11.3 Å². The number of carbonyl (C=O) groups excluding carboxylic acids is 1. The average Bonchev–Trinajstić information content (AvgIpc) is 2.44. The first-order valence-electron chi connectivity index (χ1n) is 5.71. The second kappa shape index (κ2) is 6.78. The Morgan fingerprint density at radius 1 is 1.38 bits per heavy atom. The molecule has 0 radical (unpaired) electrons. The van der Waals surface area contributed by atoms with Crippen molar-refractivity contribution in [3.63, 3.8) is 0 Å². The fraction of sp³-hybridized carbons (Fsp3) is 0.231. The summed E-state index contributed by atoms with van der Waals surface area (Å²) < 4.78 is 49.5. The Hall–Kier alpha value is -2.51. The highest BCUT2D eigenvalue weighted by atomic mass is 19.2. The van der Waals surface area contributed by atoms with Gasteiger partial charge in [-0.2, -0.15) is 4.39 Å². The first-order valence-corrected chi connectivity index (χ1v) is 5.71. The maximum absolute atomic E-state index is 14.0. The van der Waals surface area contributed by atoms with Crippen molar-refractivity contribution in [2.75, 3.05) is 13.7 Å². The highest BCUT2D eigenvalue weighted by molar-refractivity contribution is 6.14. The largest absolute Gasteiger partial charge is 0.506 e. The third kappa shape index (κ3) is 3.15. The minimum Gasteiger partial charge on any atom is -0.506 e. The summed E-state index contributed by atoms with van der Waals surface area (Å²) >= 11 is 0. The summed E-state index contributed by atoms with van der Waals surface area (Å²) in [7, 11) is 0.911. The molecule has 0 aliphatic rings. The quantitative estimate of drug-likeness (QED) is 0.288. The van der Waals surface area contributed by atoms with Crippen LogP contribution in [0.15, 0.2) is 11.6 Å². The first-order chi connectivity index (χ1) is 9.88. The zero-order valence-electron chi connectivity index (χ0n) is 11.2. The molecule has 1 rings (SSSR count). The summed E-state index contributed by atoms with van der Waals surface area (Å²) in [6.45, 7) is 1.44. The molecule has 0 unspecified atom stereocenters. The molecular weight excluding hydrogens is 291 g/mol. The van der Waals surface area contributed by atoms with Crippen LogP contribution in [-0.4, -0.2) is 31.0 Å². The normalized spacial score (nSPS) is 11.7. The molecule has 0 bridgehead atoms. The van der Waals surface area contributed by atoms with Gasteiger partial charge in [-0.1, -0.05) is 0 Å². The van der Waals surface area contributed by atoms with Gasteiger partial charge in [-0.15, -0.1) is 0 Å². The molecule has 5 nitrogen and oxygen atoms in total. The van der Waals surface area contributed by atoms with E-state index in [1.165, 1.54) is 6.92 Å². The number of rotatable bonds is 5. The molecule has 0 amide bonds. The SMILES string of the molecule is CCOC(=O)C(C=N)=C(O)c1cc(F)c(F)c(OC)c1F. The number of aliphatic hydroxyl groups excluding tert-OH is 1. The Balaban J connectivity index is 3.54. The number of nitrogens with one attached hydrogen (secondary N) is 1. The van der Waals surface area contributed by atoms with Crippen LogP contribution in [0.5, 0.6) is 5.75 Å². The Morgan fingerprint density at radius 2 is 2.00 bits per heavy atom. The van der Waals surface area contributed by atoms with E-state index in [9.17, 15) is 23.1 Å². The van der Waals surface area contributed by atoms with Gasteiger partial charge < -0.3 is 20.0 Å². The Kier molecular flexibility index (Phi) is 5.34. The van der Waals surface area contributed by atoms with Crippen LogP contribution in [0.4, 0.5) is 13.2 Å². The van der Waals surface area contributed by atoms with Crippen LogP contribution in [0.25, 0.3) is 5.76 Å². The summed E-state index contributed by atoms with van der Waals surface area (Å²) in [6.07, 6.45) is 0.417. The number of esters is 1. The number of ether oxygens (including phenoxy) is 2. The highest BCUT2D eigenvalue weighted by Crippen LogP contribution is 2.31. The number of hydrogen-bond donors (Lipinski definition) is 2. The number of carbonyl (C=O) groups is 1. The Labute approximate surface area is 118 Å². The smallest absolute Gasteiger partial charge is 0.343 e. The lowest BCUT2D eigenvalue weighted by Gasteiger charge is -2.11. The third-order valence-electron chi connectivity index (χ3n) is 2.47.